The molecule has 1 atom stereocenters. The fourth-order valence-electron chi connectivity index (χ4n) is 1.59. The number of hydrogen-bond donors (Lipinski definition) is 2. The molecule has 102 valence electrons. The summed E-state index contributed by atoms with van der Waals surface area (Å²) in [6, 6.07) is 7.78. The molecular weight excluding hydrogens is 280 g/mol. The fraction of sp³-hybridized carbons (Fsp3) is 0.385. The second-order valence-corrected chi connectivity index (χ2v) is 6.34. The molecule has 0 bridgehead atoms. The fourth-order valence-corrected chi connectivity index (χ4v) is 3.47. The Kier molecular flexibility index (Phi) is 5.18. The van der Waals surface area contributed by atoms with Gasteiger partial charge in [0, 0.05) is 0 Å². The molecule has 1 unspecified atom stereocenters. The normalized spacial score (nSPS) is 12.5. The van der Waals surface area contributed by atoms with E-state index >= 15 is 0 Å². The van der Waals surface area contributed by atoms with E-state index in [-0.39, 0.29) is 18.6 Å². The van der Waals surface area contributed by atoms with Crippen molar-refractivity contribution >= 4 is 39.2 Å². The number of amides is 1. The Morgan fingerprint density at radius 1 is 1.53 bits per heavy atom. The quantitative estimate of drug-likeness (QED) is 0.803. The number of hydrogen-bond acceptors (Lipinski definition) is 5. The summed E-state index contributed by atoms with van der Waals surface area (Å²) in [7, 11) is 0. The Labute approximate surface area is 120 Å². The van der Waals surface area contributed by atoms with Gasteiger partial charge in [0.2, 0.25) is 5.91 Å². The first-order chi connectivity index (χ1) is 9.22. The van der Waals surface area contributed by atoms with Crippen molar-refractivity contribution in [3.05, 3.63) is 24.3 Å². The summed E-state index contributed by atoms with van der Waals surface area (Å²) in [4.78, 5) is 16.1. The van der Waals surface area contributed by atoms with Crippen LogP contribution in [0.3, 0.4) is 0 Å². The van der Waals surface area contributed by atoms with E-state index in [1.54, 1.807) is 11.3 Å². The molecular formula is C13H16N2O2S2. The van der Waals surface area contributed by atoms with Crippen molar-refractivity contribution in [2.45, 2.75) is 23.7 Å². The van der Waals surface area contributed by atoms with Crippen LogP contribution < -0.4 is 5.32 Å². The van der Waals surface area contributed by atoms with E-state index in [4.69, 9.17) is 5.11 Å². The topological polar surface area (TPSA) is 62.2 Å². The molecule has 0 radical (unpaired) electrons. The summed E-state index contributed by atoms with van der Waals surface area (Å²) in [6.07, 6.45) is 0.730. The monoisotopic (exact) mass is 296 g/mol. The van der Waals surface area contributed by atoms with E-state index in [9.17, 15) is 4.79 Å². The largest absolute Gasteiger partial charge is 0.394 e. The Hall–Kier alpha value is -1.11. The molecule has 4 nitrogen and oxygen atoms in total. The van der Waals surface area contributed by atoms with Crippen LogP contribution in [-0.4, -0.2) is 34.4 Å². The molecule has 19 heavy (non-hydrogen) atoms. The van der Waals surface area contributed by atoms with Gasteiger partial charge in [0.05, 0.1) is 28.6 Å². The molecule has 2 aromatic rings. The number of nitrogens with one attached hydrogen (secondary N) is 1. The first-order valence-electron chi connectivity index (χ1n) is 6.11. The number of benzene rings is 1. The summed E-state index contributed by atoms with van der Waals surface area (Å²) in [5, 5.41) is 11.8. The molecule has 0 fully saturated rings. The summed E-state index contributed by atoms with van der Waals surface area (Å²) >= 11 is 3.02. The molecule has 1 aromatic heterocycles. The minimum Gasteiger partial charge on any atom is -0.394 e. The summed E-state index contributed by atoms with van der Waals surface area (Å²) in [5.74, 6) is 0.265. The number of aliphatic hydroxyl groups excluding tert-OH is 1. The number of para-hydroxylation sites is 1. The first kappa shape index (κ1) is 14.3. The van der Waals surface area contributed by atoms with Gasteiger partial charge in [-0.1, -0.05) is 30.8 Å². The van der Waals surface area contributed by atoms with Gasteiger partial charge in [-0.15, -0.1) is 11.3 Å². The number of carbonyl (C=O) groups excluding carboxylic acids is 1. The van der Waals surface area contributed by atoms with Crippen molar-refractivity contribution in [1.29, 1.82) is 0 Å². The lowest BCUT2D eigenvalue weighted by atomic mass is 10.2. The number of carbonyl (C=O) groups is 1. The molecule has 1 heterocycles. The molecule has 2 rings (SSSR count). The van der Waals surface area contributed by atoms with Gasteiger partial charge in [-0.25, -0.2) is 4.98 Å². The Balaban J connectivity index is 1.89. The number of thioether (sulfide) groups is 1. The van der Waals surface area contributed by atoms with Crippen LogP contribution in [0.4, 0.5) is 0 Å². The SMILES string of the molecule is CCC(CO)NC(=O)CSc1nc2ccccc2s1. The van der Waals surface area contributed by atoms with Crippen LogP contribution in [-0.2, 0) is 4.79 Å². The highest BCUT2D eigenvalue weighted by Crippen LogP contribution is 2.28. The Bertz CT molecular complexity index is 519. The lowest BCUT2D eigenvalue weighted by Gasteiger charge is -2.13. The Morgan fingerprint density at radius 2 is 2.32 bits per heavy atom. The second-order valence-electron chi connectivity index (χ2n) is 4.09. The molecule has 2 N–H and O–H groups in total. The maximum atomic E-state index is 11.7. The van der Waals surface area contributed by atoms with Crippen LogP contribution in [0.2, 0.25) is 0 Å². The van der Waals surface area contributed by atoms with E-state index in [1.807, 2.05) is 31.2 Å². The minimum atomic E-state index is -0.150. The molecule has 0 saturated heterocycles. The van der Waals surface area contributed by atoms with Gasteiger partial charge >= 0.3 is 0 Å². The van der Waals surface area contributed by atoms with E-state index in [1.165, 1.54) is 11.8 Å². The predicted octanol–water partition coefficient (Wildman–Crippen LogP) is 2.28. The zero-order chi connectivity index (χ0) is 13.7. The number of nitrogens with zero attached hydrogens (tertiary/aromatic N) is 1. The van der Waals surface area contributed by atoms with E-state index < -0.39 is 0 Å². The van der Waals surface area contributed by atoms with Gasteiger partial charge in [0.15, 0.2) is 4.34 Å². The number of aromatic nitrogens is 1. The lowest BCUT2D eigenvalue weighted by molar-refractivity contribution is -0.119. The maximum absolute atomic E-state index is 11.7. The van der Waals surface area contributed by atoms with Crippen molar-refractivity contribution in [1.82, 2.24) is 10.3 Å². The average Bonchev–Trinajstić information content (AvgIpc) is 2.85. The third-order valence-corrected chi connectivity index (χ3v) is 4.86. The number of rotatable bonds is 6. The summed E-state index contributed by atoms with van der Waals surface area (Å²) in [5.41, 5.74) is 0.970. The predicted molar refractivity (Wildman–Crippen MR) is 79.7 cm³/mol. The van der Waals surface area contributed by atoms with Crippen molar-refractivity contribution in [3.63, 3.8) is 0 Å². The maximum Gasteiger partial charge on any atom is 0.230 e. The van der Waals surface area contributed by atoms with Crippen LogP contribution in [0.15, 0.2) is 28.6 Å². The van der Waals surface area contributed by atoms with E-state index in [0.717, 1.165) is 21.0 Å². The number of thiazole rings is 1. The molecule has 0 aliphatic heterocycles. The standard InChI is InChI=1S/C13H16N2O2S2/c1-2-9(7-16)14-12(17)8-18-13-15-10-5-3-4-6-11(10)19-13/h3-6,9,16H,2,7-8H2,1H3,(H,14,17). The smallest absolute Gasteiger partial charge is 0.230 e. The summed E-state index contributed by atoms with van der Waals surface area (Å²) < 4.78 is 2.03. The highest BCUT2D eigenvalue weighted by atomic mass is 32.2. The average molecular weight is 296 g/mol. The van der Waals surface area contributed by atoms with E-state index in [2.05, 4.69) is 10.3 Å². The number of aliphatic hydroxyl groups is 1. The molecule has 0 saturated carbocycles. The van der Waals surface area contributed by atoms with Gasteiger partial charge in [0.25, 0.3) is 0 Å². The van der Waals surface area contributed by atoms with Crippen molar-refractivity contribution in [3.8, 4) is 0 Å². The third kappa shape index (κ3) is 3.92. The van der Waals surface area contributed by atoms with Crippen LogP contribution in [0, 0.1) is 0 Å². The molecule has 6 heteroatoms. The molecule has 0 spiro atoms. The van der Waals surface area contributed by atoms with Crippen molar-refractivity contribution < 1.29 is 9.90 Å². The van der Waals surface area contributed by atoms with Crippen LogP contribution >= 0.6 is 23.1 Å². The number of fused-ring (bicyclic) bond motifs is 1. The molecule has 0 aliphatic rings. The van der Waals surface area contributed by atoms with Crippen LogP contribution in [0.5, 0.6) is 0 Å². The van der Waals surface area contributed by atoms with Crippen LogP contribution in [0.1, 0.15) is 13.3 Å². The van der Waals surface area contributed by atoms with E-state index in [0.29, 0.717) is 5.75 Å². The minimum absolute atomic E-state index is 0.0198. The molecule has 1 aromatic carbocycles. The lowest BCUT2D eigenvalue weighted by Crippen LogP contribution is -2.37. The highest BCUT2D eigenvalue weighted by molar-refractivity contribution is 8.01. The van der Waals surface area contributed by atoms with Gasteiger partial charge in [-0.05, 0) is 18.6 Å². The highest BCUT2D eigenvalue weighted by Gasteiger charge is 2.11. The van der Waals surface area contributed by atoms with Gasteiger partial charge in [0.1, 0.15) is 0 Å². The summed E-state index contributed by atoms with van der Waals surface area (Å²) in [6.45, 7) is 1.91. The van der Waals surface area contributed by atoms with Crippen molar-refractivity contribution in [2.24, 2.45) is 0 Å². The van der Waals surface area contributed by atoms with Gasteiger partial charge < -0.3 is 10.4 Å². The van der Waals surface area contributed by atoms with Gasteiger partial charge in [-0.2, -0.15) is 0 Å². The van der Waals surface area contributed by atoms with Crippen molar-refractivity contribution in [2.75, 3.05) is 12.4 Å². The third-order valence-electron chi connectivity index (χ3n) is 2.68. The zero-order valence-corrected chi connectivity index (χ0v) is 12.3. The molecule has 1 amide bonds. The van der Waals surface area contributed by atoms with Crippen LogP contribution in [0.25, 0.3) is 10.2 Å². The Morgan fingerprint density at radius 3 is 3.00 bits per heavy atom. The second kappa shape index (κ2) is 6.88. The van der Waals surface area contributed by atoms with Gasteiger partial charge in [-0.3, -0.25) is 4.79 Å². The zero-order valence-electron chi connectivity index (χ0n) is 10.6. The first-order valence-corrected chi connectivity index (χ1v) is 7.91. The molecule has 0 aliphatic carbocycles.